The molecule has 1 heterocycles. The number of aromatic amines is 1. The van der Waals surface area contributed by atoms with Crippen LogP contribution in [0.1, 0.15) is 39.6 Å². The highest BCUT2D eigenvalue weighted by molar-refractivity contribution is 7.98. The van der Waals surface area contributed by atoms with Crippen molar-refractivity contribution in [3.8, 4) is 0 Å². The summed E-state index contributed by atoms with van der Waals surface area (Å²) in [5.74, 6) is 0.350. The van der Waals surface area contributed by atoms with Crippen LogP contribution in [0.15, 0.2) is 78.0 Å². The van der Waals surface area contributed by atoms with Gasteiger partial charge in [0.25, 0.3) is 11.8 Å². The lowest BCUT2D eigenvalue weighted by atomic mass is 10.1. The van der Waals surface area contributed by atoms with Gasteiger partial charge in [-0.15, -0.1) is 0 Å². The zero-order chi connectivity index (χ0) is 25.1. The Kier molecular flexibility index (Phi) is 6.73. The van der Waals surface area contributed by atoms with Crippen LogP contribution in [0.3, 0.4) is 0 Å². The van der Waals surface area contributed by atoms with E-state index < -0.39 is 11.8 Å². The third kappa shape index (κ3) is 5.58. The number of carbonyl (C=O) groups is 3. The number of hydrazine groups is 1. The number of rotatable bonds is 7. The maximum absolute atomic E-state index is 12.4. The molecule has 3 aromatic carbocycles. The second-order valence-corrected chi connectivity index (χ2v) is 9.80. The van der Waals surface area contributed by atoms with E-state index >= 15 is 0 Å². The van der Waals surface area contributed by atoms with E-state index in [-0.39, 0.29) is 11.8 Å². The van der Waals surface area contributed by atoms with Gasteiger partial charge in [-0.05, 0) is 66.4 Å². The molecule has 2 atom stereocenters. The zero-order valence-electron chi connectivity index (χ0n) is 19.6. The number of H-pyrrole nitrogens is 1. The molecule has 8 nitrogen and oxygen atoms in total. The second-order valence-electron chi connectivity index (χ2n) is 8.84. The summed E-state index contributed by atoms with van der Waals surface area (Å²) in [6.45, 7) is 2.05. The fourth-order valence-corrected chi connectivity index (χ4v) is 4.63. The SMILES string of the molecule is CC1CC1C(=O)Nc1ccc(C(=O)NNC(=O)c2ccc(CSc3nc4ccccc4[nH]3)cc2)cc1. The molecule has 36 heavy (non-hydrogen) atoms. The molecular formula is C27H25N5O3S. The van der Waals surface area contributed by atoms with Crippen LogP contribution in [0, 0.1) is 11.8 Å². The highest BCUT2D eigenvalue weighted by Crippen LogP contribution is 2.38. The summed E-state index contributed by atoms with van der Waals surface area (Å²) in [6.07, 6.45) is 0.913. The number of thioether (sulfide) groups is 1. The van der Waals surface area contributed by atoms with Crippen molar-refractivity contribution in [1.29, 1.82) is 0 Å². The maximum Gasteiger partial charge on any atom is 0.269 e. The molecule has 2 unspecified atom stereocenters. The lowest BCUT2D eigenvalue weighted by Gasteiger charge is -2.09. The molecule has 4 aromatic rings. The molecule has 3 amide bonds. The molecular weight excluding hydrogens is 474 g/mol. The molecule has 1 aliphatic rings. The number of hydrogen-bond donors (Lipinski definition) is 4. The van der Waals surface area contributed by atoms with Crippen LogP contribution in [-0.4, -0.2) is 27.7 Å². The van der Waals surface area contributed by atoms with Crippen molar-refractivity contribution in [3.63, 3.8) is 0 Å². The molecule has 0 radical (unpaired) electrons. The number of aromatic nitrogens is 2. The van der Waals surface area contributed by atoms with Crippen LogP contribution < -0.4 is 16.2 Å². The van der Waals surface area contributed by atoms with Gasteiger partial charge in [-0.25, -0.2) is 4.98 Å². The summed E-state index contributed by atoms with van der Waals surface area (Å²) in [5.41, 5.74) is 9.27. The second kappa shape index (κ2) is 10.2. The first-order valence-corrected chi connectivity index (χ1v) is 12.6. The topological polar surface area (TPSA) is 116 Å². The molecule has 0 spiro atoms. The van der Waals surface area contributed by atoms with Crippen molar-refractivity contribution in [2.24, 2.45) is 11.8 Å². The van der Waals surface area contributed by atoms with E-state index in [9.17, 15) is 14.4 Å². The van der Waals surface area contributed by atoms with Crippen LogP contribution in [-0.2, 0) is 10.5 Å². The number of amides is 3. The van der Waals surface area contributed by atoms with Gasteiger partial charge in [-0.2, -0.15) is 0 Å². The Bertz CT molecular complexity index is 1380. The number of para-hydroxylation sites is 2. The quantitative estimate of drug-likeness (QED) is 0.220. The van der Waals surface area contributed by atoms with E-state index in [1.807, 2.05) is 43.3 Å². The Hall–Kier alpha value is -4.11. The molecule has 9 heteroatoms. The smallest absolute Gasteiger partial charge is 0.269 e. The number of nitrogens with zero attached hydrogens (tertiary/aromatic N) is 1. The molecule has 0 saturated heterocycles. The van der Waals surface area contributed by atoms with Crippen molar-refractivity contribution in [3.05, 3.63) is 89.5 Å². The summed E-state index contributed by atoms with van der Waals surface area (Å²) in [5, 5.41) is 3.70. The summed E-state index contributed by atoms with van der Waals surface area (Å²) < 4.78 is 0. The van der Waals surface area contributed by atoms with Gasteiger partial charge in [-0.1, -0.05) is 43.0 Å². The van der Waals surface area contributed by atoms with E-state index in [1.54, 1.807) is 48.2 Å². The normalized spacial score (nSPS) is 16.4. The number of anilines is 1. The van der Waals surface area contributed by atoms with Crippen molar-refractivity contribution in [2.45, 2.75) is 24.3 Å². The summed E-state index contributed by atoms with van der Waals surface area (Å²) >= 11 is 1.59. The minimum Gasteiger partial charge on any atom is -0.333 e. The average Bonchev–Trinajstić information content (AvgIpc) is 3.49. The van der Waals surface area contributed by atoms with Gasteiger partial charge in [0.15, 0.2) is 5.16 Å². The number of benzene rings is 3. The van der Waals surface area contributed by atoms with Crippen LogP contribution >= 0.6 is 11.8 Å². The van der Waals surface area contributed by atoms with E-state index in [2.05, 4.69) is 26.1 Å². The van der Waals surface area contributed by atoms with Gasteiger partial charge >= 0.3 is 0 Å². The van der Waals surface area contributed by atoms with Crippen molar-refractivity contribution < 1.29 is 14.4 Å². The number of carbonyl (C=O) groups excluding carboxylic acids is 3. The van der Waals surface area contributed by atoms with Gasteiger partial charge in [0.1, 0.15) is 0 Å². The van der Waals surface area contributed by atoms with Gasteiger partial charge in [0, 0.05) is 28.5 Å². The number of fused-ring (bicyclic) bond motifs is 1. The Morgan fingerprint density at radius 3 is 2.14 bits per heavy atom. The van der Waals surface area contributed by atoms with E-state index in [0.29, 0.717) is 28.5 Å². The lowest BCUT2D eigenvalue weighted by Crippen LogP contribution is -2.41. The summed E-state index contributed by atoms with van der Waals surface area (Å²) in [7, 11) is 0. The zero-order valence-corrected chi connectivity index (χ0v) is 20.4. The lowest BCUT2D eigenvalue weighted by molar-refractivity contribution is -0.117. The monoisotopic (exact) mass is 499 g/mol. The Morgan fingerprint density at radius 2 is 1.53 bits per heavy atom. The first kappa shape index (κ1) is 23.6. The third-order valence-electron chi connectivity index (χ3n) is 6.11. The predicted octanol–water partition coefficient (Wildman–Crippen LogP) is 4.52. The predicted molar refractivity (Wildman–Crippen MR) is 139 cm³/mol. The number of nitrogens with one attached hydrogen (secondary N) is 4. The molecule has 182 valence electrons. The van der Waals surface area contributed by atoms with E-state index in [0.717, 1.165) is 28.2 Å². The minimum atomic E-state index is -0.448. The maximum atomic E-state index is 12.4. The minimum absolute atomic E-state index is 0.00565. The van der Waals surface area contributed by atoms with Crippen molar-refractivity contribution in [1.82, 2.24) is 20.8 Å². The molecule has 5 rings (SSSR count). The fraction of sp³-hybridized carbons (Fsp3) is 0.185. The summed E-state index contributed by atoms with van der Waals surface area (Å²) in [4.78, 5) is 44.7. The Labute approximate surface area is 212 Å². The molecule has 0 aliphatic heterocycles. The number of hydrogen-bond acceptors (Lipinski definition) is 5. The molecule has 4 N–H and O–H groups in total. The Balaban J connectivity index is 1.09. The van der Waals surface area contributed by atoms with E-state index in [4.69, 9.17) is 0 Å². The fourth-order valence-electron chi connectivity index (χ4n) is 3.79. The highest BCUT2D eigenvalue weighted by atomic mass is 32.2. The standard InChI is InChI=1S/C27H25N5O3S/c1-16-14-21(16)26(35)28-20-12-10-19(11-13-20)25(34)32-31-24(33)18-8-6-17(7-9-18)15-36-27-29-22-4-2-3-5-23(22)30-27/h2-13,16,21H,14-15H2,1H3,(H,28,35)(H,29,30)(H,31,33)(H,32,34). The molecule has 1 aliphatic carbocycles. The van der Waals surface area contributed by atoms with Gasteiger partial charge in [0.2, 0.25) is 5.91 Å². The first-order chi connectivity index (χ1) is 17.5. The van der Waals surface area contributed by atoms with Crippen LogP contribution in [0.2, 0.25) is 0 Å². The van der Waals surface area contributed by atoms with E-state index in [1.165, 1.54) is 0 Å². The Morgan fingerprint density at radius 1 is 0.917 bits per heavy atom. The van der Waals surface area contributed by atoms with Crippen molar-refractivity contribution >= 4 is 46.2 Å². The first-order valence-electron chi connectivity index (χ1n) is 11.6. The van der Waals surface area contributed by atoms with Crippen LogP contribution in [0.4, 0.5) is 5.69 Å². The molecule has 1 fully saturated rings. The third-order valence-corrected chi connectivity index (χ3v) is 7.05. The van der Waals surface area contributed by atoms with Gasteiger partial charge < -0.3 is 10.3 Å². The van der Waals surface area contributed by atoms with Crippen LogP contribution in [0.5, 0.6) is 0 Å². The van der Waals surface area contributed by atoms with Gasteiger partial charge in [-0.3, -0.25) is 25.2 Å². The molecule has 0 bridgehead atoms. The molecule has 1 saturated carbocycles. The summed E-state index contributed by atoms with van der Waals surface area (Å²) in [6, 6.07) is 21.6. The van der Waals surface area contributed by atoms with Crippen molar-refractivity contribution in [2.75, 3.05) is 5.32 Å². The number of imidazole rings is 1. The average molecular weight is 500 g/mol. The molecule has 1 aromatic heterocycles. The highest BCUT2D eigenvalue weighted by Gasteiger charge is 2.39. The van der Waals surface area contributed by atoms with Crippen LogP contribution in [0.25, 0.3) is 11.0 Å². The largest absolute Gasteiger partial charge is 0.333 e. The van der Waals surface area contributed by atoms with Gasteiger partial charge in [0.05, 0.1) is 11.0 Å².